The second-order valence-corrected chi connectivity index (χ2v) is 3.09. The van der Waals surface area contributed by atoms with Crippen LogP contribution in [0.15, 0.2) is 5.16 Å². The molecule has 0 aromatic rings. The largest absolute Gasteiger partial charge is 0.397 e. The summed E-state index contributed by atoms with van der Waals surface area (Å²) in [5.74, 6) is 6.34. The molecule has 12 heavy (non-hydrogen) atoms. The van der Waals surface area contributed by atoms with E-state index in [2.05, 4.69) is 9.99 Å². The van der Waals surface area contributed by atoms with Gasteiger partial charge in [0.05, 0.1) is 12.5 Å². The van der Waals surface area contributed by atoms with Crippen LogP contribution in [0.5, 0.6) is 0 Å². The predicted molar refractivity (Wildman–Crippen MR) is 45.7 cm³/mol. The van der Waals surface area contributed by atoms with Gasteiger partial charge in [0.2, 0.25) is 5.84 Å². The molecule has 1 saturated heterocycles. The number of amidine groups is 1. The van der Waals surface area contributed by atoms with Gasteiger partial charge < -0.3 is 9.74 Å². The van der Waals surface area contributed by atoms with Gasteiger partial charge in [0.25, 0.3) is 0 Å². The van der Waals surface area contributed by atoms with E-state index < -0.39 is 0 Å². The Labute approximate surface area is 74.4 Å². The number of carbonyl (C=O) groups excluding carboxylic acids is 1. The molecule has 0 spiro atoms. The van der Waals surface area contributed by atoms with Gasteiger partial charge in [-0.25, -0.2) is 0 Å². The SMILES string of the molecule is CON=C(C=O)N1CSN(N)C1. The van der Waals surface area contributed by atoms with Crippen LogP contribution in [0.3, 0.4) is 0 Å². The van der Waals surface area contributed by atoms with E-state index in [-0.39, 0.29) is 5.84 Å². The van der Waals surface area contributed by atoms with E-state index in [1.165, 1.54) is 23.5 Å². The van der Waals surface area contributed by atoms with Crippen molar-refractivity contribution in [3.05, 3.63) is 0 Å². The summed E-state index contributed by atoms with van der Waals surface area (Å²) >= 11 is 1.42. The average Bonchev–Trinajstić information content (AvgIpc) is 2.47. The van der Waals surface area contributed by atoms with E-state index >= 15 is 0 Å². The van der Waals surface area contributed by atoms with E-state index in [4.69, 9.17) is 5.84 Å². The molecule has 0 saturated carbocycles. The van der Waals surface area contributed by atoms with Crippen LogP contribution in [-0.4, -0.2) is 41.1 Å². The van der Waals surface area contributed by atoms with Gasteiger partial charge in [-0.1, -0.05) is 5.16 Å². The van der Waals surface area contributed by atoms with Gasteiger partial charge in [0.15, 0.2) is 6.29 Å². The summed E-state index contributed by atoms with van der Waals surface area (Å²) in [4.78, 5) is 16.7. The smallest absolute Gasteiger partial charge is 0.210 e. The van der Waals surface area contributed by atoms with Crippen molar-refractivity contribution in [3.8, 4) is 0 Å². The number of oxime groups is 1. The van der Waals surface area contributed by atoms with E-state index in [9.17, 15) is 4.79 Å². The molecule has 0 aromatic carbocycles. The molecule has 0 unspecified atom stereocenters. The number of hydrogen-bond acceptors (Lipinski definition) is 6. The minimum Gasteiger partial charge on any atom is -0.397 e. The minimum atomic E-state index is 0.262. The zero-order chi connectivity index (χ0) is 8.97. The number of aldehydes is 1. The van der Waals surface area contributed by atoms with Crippen LogP contribution in [0.25, 0.3) is 0 Å². The maximum atomic E-state index is 10.5. The normalized spacial score (nSPS) is 19.8. The van der Waals surface area contributed by atoms with Crippen LogP contribution < -0.4 is 5.84 Å². The fourth-order valence-electron chi connectivity index (χ4n) is 0.780. The third-order valence-electron chi connectivity index (χ3n) is 1.30. The molecule has 1 fully saturated rings. The van der Waals surface area contributed by atoms with Gasteiger partial charge in [-0.2, -0.15) is 4.41 Å². The van der Waals surface area contributed by atoms with Crippen molar-refractivity contribution in [1.82, 2.24) is 9.31 Å². The van der Waals surface area contributed by atoms with Crippen molar-refractivity contribution < 1.29 is 9.63 Å². The quantitative estimate of drug-likeness (QED) is 0.153. The first kappa shape index (κ1) is 9.30. The number of hydrogen-bond donors (Lipinski definition) is 1. The Morgan fingerprint density at radius 1 is 1.83 bits per heavy atom. The molecule has 0 aromatic heterocycles. The van der Waals surface area contributed by atoms with Gasteiger partial charge in [-0.15, -0.1) is 0 Å². The lowest BCUT2D eigenvalue weighted by molar-refractivity contribution is -0.103. The predicted octanol–water partition coefficient (Wildman–Crippen LogP) is -0.800. The van der Waals surface area contributed by atoms with Gasteiger partial charge in [-0.05, 0) is 11.9 Å². The van der Waals surface area contributed by atoms with Crippen LogP contribution in [0.4, 0.5) is 0 Å². The van der Waals surface area contributed by atoms with Crippen LogP contribution in [0, 0.1) is 0 Å². The number of nitrogens with zero attached hydrogens (tertiary/aromatic N) is 3. The first-order chi connectivity index (χ1) is 5.77. The zero-order valence-electron chi connectivity index (χ0n) is 6.64. The molecular formula is C5H10N4O2S. The molecule has 1 aliphatic heterocycles. The average molecular weight is 190 g/mol. The van der Waals surface area contributed by atoms with Crippen molar-refractivity contribution in [2.24, 2.45) is 11.0 Å². The molecule has 1 aliphatic rings. The summed E-state index contributed by atoms with van der Waals surface area (Å²) in [7, 11) is 1.40. The molecule has 0 aliphatic carbocycles. The van der Waals surface area contributed by atoms with Gasteiger partial charge in [-0.3, -0.25) is 10.6 Å². The van der Waals surface area contributed by atoms with Gasteiger partial charge in [0.1, 0.15) is 7.11 Å². The lowest BCUT2D eigenvalue weighted by Gasteiger charge is -2.12. The van der Waals surface area contributed by atoms with E-state index in [0.717, 1.165) is 0 Å². The van der Waals surface area contributed by atoms with Crippen molar-refractivity contribution in [2.75, 3.05) is 19.7 Å². The van der Waals surface area contributed by atoms with Gasteiger partial charge >= 0.3 is 0 Å². The lowest BCUT2D eigenvalue weighted by Crippen LogP contribution is -2.34. The lowest BCUT2D eigenvalue weighted by atomic mass is 10.6. The summed E-state index contributed by atoms with van der Waals surface area (Å²) in [6.45, 7) is 0.478. The second-order valence-electron chi connectivity index (χ2n) is 2.11. The molecule has 1 heterocycles. The van der Waals surface area contributed by atoms with Crippen molar-refractivity contribution in [1.29, 1.82) is 0 Å². The fraction of sp³-hybridized carbons (Fsp3) is 0.600. The third kappa shape index (κ3) is 2.10. The first-order valence-electron chi connectivity index (χ1n) is 3.24. The molecule has 0 radical (unpaired) electrons. The van der Waals surface area contributed by atoms with Crippen LogP contribution in [0.2, 0.25) is 0 Å². The Kier molecular flexibility index (Phi) is 3.32. The summed E-state index contributed by atoms with van der Waals surface area (Å²) in [6, 6.07) is 0. The van der Waals surface area contributed by atoms with E-state index in [0.29, 0.717) is 18.8 Å². The molecule has 0 atom stereocenters. The Morgan fingerprint density at radius 2 is 2.58 bits per heavy atom. The van der Waals surface area contributed by atoms with E-state index in [1.54, 1.807) is 4.90 Å². The van der Waals surface area contributed by atoms with E-state index in [1.807, 2.05) is 0 Å². The molecule has 1 rings (SSSR count). The topological polar surface area (TPSA) is 71.2 Å². The molecule has 0 amide bonds. The van der Waals surface area contributed by atoms with Crippen LogP contribution in [-0.2, 0) is 9.63 Å². The summed E-state index contributed by atoms with van der Waals surface area (Å²) in [6.07, 6.45) is 0.642. The number of hydrazine groups is 1. The second kappa shape index (κ2) is 4.29. The van der Waals surface area contributed by atoms with Crippen LogP contribution >= 0.6 is 11.9 Å². The summed E-state index contributed by atoms with van der Waals surface area (Å²) in [5, 5.41) is 3.54. The molecule has 0 bridgehead atoms. The monoisotopic (exact) mass is 190 g/mol. The Bertz CT molecular complexity index is 198. The Hall–Kier alpha value is -0.790. The Morgan fingerprint density at radius 3 is 3.00 bits per heavy atom. The maximum Gasteiger partial charge on any atom is 0.210 e. The minimum absolute atomic E-state index is 0.262. The molecule has 6 nitrogen and oxygen atoms in total. The highest BCUT2D eigenvalue weighted by molar-refractivity contribution is 7.97. The Balaban J connectivity index is 2.55. The maximum absolute atomic E-state index is 10.5. The molecular weight excluding hydrogens is 180 g/mol. The van der Waals surface area contributed by atoms with Crippen molar-refractivity contribution >= 4 is 24.1 Å². The zero-order valence-corrected chi connectivity index (χ0v) is 7.45. The highest BCUT2D eigenvalue weighted by atomic mass is 32.2. The van der Waals surface area contributed by atoms with Crippen molar-refractivity contribution in [2.45, 2.75) is 0 Å². The standard InChI is InChI=1S/C5H10N4O2S/c1-11-7-5(2-10)8-3-9(6)12-4-8/h2H,3-4,6H2,1H3. The fourth-order valence-corrected chi connectivity index (χ4v) is 1.50. The number of carbonyl (C=O) groups is 1. The number of nitrogens with two attached hydrogens (primary N) is 1. The summed E-state index contributed by atoms with van der Waals surface area (Å²) < 4.78 is 1.52. The third-order valence-corrected chi connectivity index (χ3v) is 2.18. The highest BCUT2D eigenvalue weighted by Gasteiger charge is 2.21. The van der Waals surface area contributed by atoms with Crippen molar-refractivity contribution in [3.63, 3.8) is 0 Å². The molecule has 2 N–H and O–H groups in total. The van der Waals surface area contributed by atoms with Gasteiger partial charge in [0, 0.05) is 0 Å². The first-order valence-corrected chi connectivity index (χ1v) is 4.18. The summed E-state index contributed by atoms with van der Waals surface area (Å²) in [5.41, 5.74) is 0. The molecule has 68 valence electrons. The van der Waals surface area contributed by atoms with Crippen LogP contribution in [0.1, 0.15) is 0 Å². The highest BCUT2D eigenvalue weighted by Crippen LogP contribution is 2.16. The number of rotatable bonds is 2. The molecule has 7 heteroatoms.